The topological polar surface area (TPSA) is 42.4 Å². The molecule has 1 aromatic heterocycles. The van der Waals surface area contributed by atoms with Gasteiger partial charge in [0, 0.05) is 12.6 Å². The number of benzene rings is 1. The summed E-state index contributed by atoms with van der Waals surface area (Å²) in [7, 11) is 0. The molecule has 0 saturated heterocycles. The number of para-hydroxylation sites is 1. The zero-order valence-corrected chi connectivity index (χ0v) is 10.1. The molecule has 0 aliphatic rings. The molecule has 4 nitrogen and oxygen atoms in total. The quantitative estimate of drug-likeness (QED) is 0.774. The minimum absolute atomic E-state index is 0.141. The van der Waals surface area contributed by atoms with Gasteiger partial charge in [0.2, 0.25) is 0 Å². The van der Waals surface area contributed by atoms with E-state index < -0.39 is 0 Å². The van der Waals surface area contributed by atoms with Crippen molar-refractivity contribution in [3.8, 4) is 5.75 Å². The van der Waals surface area contributed by atoms with E-state index in [0.717, 1.165) is 0 Å². The van der Waals surface area contributed by atoms with Crippen LogP contribution in [0.25, 0.3) is 0 Å². The Morgan fingerprint density at radius 3 is 2.50 bits per heavy atom. The van der Waals surface area contributed by atoms with Crippen LogP contribution in [0.1, 0.15) is 13.3 Å². The van der Waals surface area contributed by atoms with Crippen LogP contribution >= 0.6 is 0 Å². The van der Waals surface area contributed by atoms with Crippen LogP contribution in [0.5, 0.6) is 5.75 Å². The van der Waals surface area contributed by atoms with Crippen molar-refractivity contribution in [3.63, 3.8) is 0 Å². The number of carbonyl (C=O) groups excluding carboxylic acids is 1. The normalized spacial score (nSPS) is 9.83. The third-order valence-electron chi connectivity index (χ3n) is 2.33. The highest BCUT2D eigenvalue weighted by Gasteiger charge is 2.17. The number of carbonyl (C=O) groups is 1. The standard InChI is InChI=1S/C14H14N2O2/c1-2-14(17)16(13-10-6-7-11-15-13)18-12-8-4-3-5-9-12/h3-11H,2H2,1H3. The van der Waals surface area contributed by atoms with Crippen LogP contribution < -0.4 is 9.90 Å². The molecule has 0 bridgehead atoms. The van der Waals surface area contributed by atoms with Gasteiger partial charge in [0.1, 0.15) is 0 Å². The molecule has 2 aromatic rings. The molecule has 18 heavy (non-hydrogen) atoms. The summed E-state index contributed by atoms with van der Waals surface area (Å²) < 4.78 is 0. The van der Waals surface area contributed by atoms with Crippen LogP contribution in [0.15, 0.2) is 54.7 Å². The summed E-state index contributed by atoms with van der Waals surface area (Å²) in [6, 6.07) is 14.5. The molecule has 2 rings (SSSR count). The van der Waals surface area contributed by atoms with Crippen molar-refractivity contribution in [2.45, 2.75) is 13.3 Å². The molecule has 0 radical (unpaired) electrons. The van der Waals surface area contributed by atoms with E-state index in [0.29, 0.717) is 18.0 Å². The number of rotatable bonds is 4. The second kappa shape index (κ2) is 5.82. The first-order valence-electron chi connectivity index (χ1n) is 5.78. The van der Waals surface area contributed by atoms with Gasteiger partial charge in [-0.1, -0.05) is 31.2 Å². The molecule has 1 aromatic carbocycles. The lowest BCUT2D eigenvalue weighted by Gasteiger charge is -2.20. The maximum atomic E-state index is 11.9. The van der Waals surface area contributed by atoms with E-state index >= 15 is 0 Å². The van der Waals surface area contributed by atoms with Gasteiger partial charge in [0.25, 0.3) is 5.91 Å². The van der Waals surface area contributed by atoms with Crippen LogP contribution in [-0.2, 0) is 4.79 Å². The van der Waals surface area contributed by atoms with E-state index in [1.807, 2.05) is 24.3 Å². The first-order chi connectivity index (χ1) is 8.81. The number of hydroxylamine groups is 1. The van der Waals surface area contributed by atoms with Gasteiger partial charge in [-0.05, 0) is 24.3 Å². The maximum Gasteiger partial charge on any atom is 0.261 e. The average Bonchev–Trinajstić information content (AvgIpc) is 2.46. The summed E-state index contributed by atoms with van der Waals surface area (Å²) in [5.74, 6) is 0.940. The van der Waals surface area contributed by atoms with Crippen molar-refractivity contribution in [1.82, 2.24) is 4.98 Å². The van der Waals surface area contributed by atoms with Crippen molar-refractivity contribution in [1.29, 1.82) is 0 Å². The fourth-order valence-corrected chi connectivity index (χ4v) is 1.43. The monoisotopic (exact) mass is 242 g/mol. The number of hydrogen-bond donors (Lipinski definition) is 0. The second-order valence-electron chi connectivity index (χ2n) is 3.63. The molecule has 0 spiro atoms. The van der Waals surface area contributed by atoms with Crippen LogP contribution in [-0.4, -0.2) is 10.9 Å². The zero-order chi connectivity index (χ0) is 12.8. The third kappa shape index (κ3) is 2.85. The lowest BCUT2D eigenvalue weighted by atomic mass is 10.3. The number of aromatic nitrogens is 1. The van der Waals surface area contributed by atoms with Crippen molar-refractivity contribution >= 4 is 11.7 Å². The first kappa shape index (κ1) is 12.1. The van der Waals surface area contributed by atoms with E-state index in [9.17, 15) is 4.79 Å². The van der Waals surface area contributed by atoms with E-state index in [1.54, 1.807) is 37.4 Å². The number of nitrogens with zero attached hydrogens (tertiary/aromatic N) is 2. The summed E-state index contributed by atoms with van der Waals surface area (Å²) in [5, 5.41) is 1.22. The highest BCUT2D eigenvalue weighted by Crippen LogP contribution is 2.16. The molecular formula is C14H14N2O2. The van der Waals surface area contributed by atoms with E-state index in [2.05, 4.69) is 4.98 Å². The highest BCUT2D eigenvalue weighted by atomic mass is 16.7. The van der Waals surface area contributed by atoms with Gasteiger partial charge in [-0.15, -0.1) is 5.06 Å². The molecule has 92 valence electrons. The largest absolute Gasteiger partial charge is 0.370 e. The minimum Gasteiger partial charge on any atom is -0.370 e. The highest BCUT2D eigenvalue weighted by molar-refractivity contribution is 5.90. The van der Waals surface area contributed by atoms with Gasteiger partial charge in [-0.2, -0.15) is 0 Å². The second-order valence-corrected chi connectivity index (χ2v) is 3.63. The van der Waals surface area contributed by atoms with E-state index in [-0.39, 0.29) is 5.91 Å². The lowest BCUT2D eigenvalue weighted by molar-refractivity contribution is -0.122. The van der Waals surface area contributed by atoms with Gasteiger partial charge in [0.15, 0.2) is 11.6 Å². The zero-order valence-electron chi connectivity index (χ0n) is 10.1. The molecule has 4 heteroatoms. The van der Waals surface area contributed by atoms with Gasteiger partial charge < -0.3 is 4.84 Å². The molecule has 0 saturated carbocycles. The van der Waals surface area contributed by atoms with Crippen molar-refractivity contribution < 1.29 is 9.63 Å². The summed E-state index contributed by atoms with van der Waals surface area (Å²) in [4.78, 5) is 21.6. The van der Waals surface area contributed by atoms with Gasteiger partial charge in [-0.25, -0.2) is 4.98 Å². The Kier molecular flexibility index (Phi) is 3.91. The number of hydrogen-bond acceptors (Lipinski definition) is 3. The fourth-order valence-electron chi connectivity index (χ4n) is 1.43. The summed E-state index contributed by atoms with van der Waals surface area (Å²) in [6.45, 7) is 1.78. The lowest BCUT2D eigenvalue weighted by Crippen LogP contribution is -2.34. The third-order valence-corrected chi connectivity index (χ3v) is 2.33. The number of pyridine rings is 1. The Morgan fingerprint density at radius 2 is 1.89 bits per heavy atom. The molecule has 0 unspecified atom stereocenters. The Morgan fingerprint density at radius 1 is 1.17 bits per heavy atom. The van der Waals surface area contributed by atoms with E-state index in [4.69, 9.17) is 4.84 Å². The predicted octanol–water partition coefficient (Wildman–Crippen LogP) is 2.82. The molecule has 0 aliphatic heterocycles. The molecule has 0 fully saturated rings. The Bertz CT molecular complexity index is 500. The summed E-state index contributed by atoms with van der Waals surface area (Å²) >= 11 is 0. The Hall–Kier alpha value is -2.36. The molecule has 1 amide bonds. The molecule has 1 heterocycles. The Labute approximate surface area is 106 Å². The fraction of sp³-hybridized carbons (Fsp3) is 0.143. The smallest absolute Gasteiger partial charge is 0.261 e. The molecular weight excluding hydrogens is 228 g/mol. The van der Waals surface area contributed by atoms with Crippen LogP contribution in [0, 0.1) is 0 Å². The van der Waals surface area contributed by atoms with Crippen LogP contribution in [0.3, 0.4) is 0 Å². The molecule has 0 N–H and O–H groups in total. The average molecular weight is 242 g/mol. The Balaban J connectivity index is 2.24. The number of amides is 1. The molecule has 0 aliphatic carbocycles. The SMILES string of the molecule is CCC(=O)N(Oc1ccccc1)c1ccccn1. The number of anilines is 1. The summed E-state index contributed by atoms with van der Waals surface area (Å²) in [6.07, 6.45) is 1.98. The van der Waals surface area contributed by atoms with Crippen LogP contribution in [0.2, 0.25) is 0 Å². The van der Waals surface area contributed by atoms with E-state index in [1.165, 1.54) is 5.06 Å². The van der Waals surface area contributed by atoms with Crippen molar-refractivity contribution in [2.24, 2.45) is 0 Å². The van der Waals surface area contributed by atoms with Crippen molar-refractivity contribution in [2.75, 3.05) is 5.06 Å². The van der Waals surface area contributed by atoms with Gasteiger partial charge >= 0.3 is 0 Å². The van der Waals surface area contributed by atoms with Gasteiger partial charge in [0.05, 0.1) is 0 Å². The predicted molar refractivity (Wildman–Crippen MR) is 69.1 cm³/mol. The first-order valence-corrected chi connectivity index (χ1v) is 5.78. The maximum absolute atomic E-state index is 11.9. The van der Waals surface area contributed by atoms with Crippen LogP contribution in [0.4, 0.5) is 5.82 Å². The van der Waals surface area contributed by atoms with Gasteiger partial charge in [-0.3, -0.25) is 4.79 Å². The summed E-state index contributed by atoms with van der Waals surface area (Å²) in [5.41, 5.74) is 0. The minimum atomic E-state index is -0.141. The molecule has 0 atom stereocenters. The van der Waals surface area contributed by atoms with Crippen molar-refractivity contribution in [3.05, 3.63) is 54.7 Å².